The van der Waals surface area contributed by atoms with E-state index in [0.29, 0.717) is 42.2 Å². The lowest BCUT2D eigenvalue weighted by atomic mass is 9.77. The molecule has 2 aliphatic heterocycles. The van der Waals surface area contributed by atoms with Crippen LogP contribution in [-0.4, -0.2) is 52.4 Å². The molecule has 3 heterocycles. The Morgan fingerprint density at radius 3 is 2.47 bits per heavy atom. The first-order valence-corrected chi connectivity index (χ1v) is 14.6. The number of nitrogens with zero attached hydrogens (tertiary/aromatic N) is 3. The summed E-state index contributed by atoms with van der Waals surface area (Å²) >= 11 is 5.97. The molecule has 0 amide bonds. The van der Waals surface area contributed by atoms with Crippen molar-refractivity contribution in [1.82, 2.24) is 9.97 Å². The fourth-order valence-electron chi connectivity index (χ4n) is 4.72. The average Bonchev–Trinajstić information content (AvgIpc) is 3.00. The van der Waals surface area contributed by atoms with Crippen molar-refractivity contribution in [1.29, 1.82) is 0 Å². The molecule has 1 aliphatic carbocycles. The lowest BCUT2D eigenvalue weighted by Gasteiger charge is -2.41. The van der Waals surface area contributed by atoms with Crippen molar-refractivity contribution in [2.75, 3.05) is 23.4 Å². The zero-order valence-electron chi connectivity index (χ0n) is 18.3. The van der Waals surface area contributed by atoms with Gasteiger partial charge in [-0.2, -0.15) is 18.1 Å². The second-order valence-corrected chi connectivity index (χ2v) is 13.8. The van der Waals surface area contributed by atoms with Gasteiger partial charge in [0, 0.05) is 16.5 Å². The van der Waals surface area contributed by atoms with Crippen molar-refractivity contribution in [3.8, 4) is 0 Å². The number of alkyl halides is 2. The summed E-state index contributed by atoms with van der Waals surface area (Å²) in [4.78, 5) is 8.27. The van der Waals surface area contributed by atoms with E-state index in [2.05, 4.69) is 19.6 Å². The molecule has 0 bridgehead atoms. The third-order valence-corrected chi connectivity index (χ3v) is 10.9. The smallest absolute Gasteiger partial charge is 0.331 e. The molecule has 2 fully saturated rings. The second kappa shape index (κ2) is 8.76. The number of halogens is 3. The normalized spacial score (nSPS) is 29.2. The summed E-state index contributed by atoms with van der Waals surface area (Å²) in [5.74, 6) is 0.770. The van der Waals surface area contributed by atoms with Crippen LogP contribution in [0.25, 0.3) is 0 Å². The van der Waals surface area contributed by atoms with Gasteiger partial charge in [-0.05, 0) is 55.7 Å². The number of fused-ring (bicyclic) bond motifs is 1. The summed E-state index contributed by atoms with van der Waals surface area (Å²) in [6.45, 7) is -0.204. The van der Waals surface area contributed by atoms with Gasteiger partial charge in [-0.25, -0.2) is 13.4 Å². The second-order valence-electron chi connectivity index (χ2n) is 9.25. The number of hydrogen-bond donors (Lipinski definition) is 2. The number of aliphatic hydroxyl groups is 1. The highest BCUT2D eigenvalue weighted by Crippen LogP contribution is 2.44. The quantitative estimate of drug-likeness (QED) is 0.594. The largest absolute Gasteiger partial charge is 0.394 e. The van der Waals surface area contributed by atoms with E-state index in [1.807, 2.05) is 24.3 Å². The number of hydrogen-bond acceptors (Lipinski definition) is 7. The molecular formula is C22H25ClF2N4O3S2. The molecule has 1 saturated carbocycles. The van der Waals surface area contributed by atoms with Gasteiger partial charge >= 0.3 is 5.25 Å². The minimum Gasteiger partial charge on any atom is -0.394 e. The van der Waals surface area contributed by atoms with Crippen molar-refractivity contribution in [3.05, 3.63) is 40.5 Å². The number of aliphatic hydroxyl groups excluding tert-OH is 1. The first-order chi connectivity index (χ1) is 16.1. The van der Waals surface area contributed by atoms with E-state index in [1.165, 1.54) is 0 Å². The Hall–Kier alpha value is -1.69. The van der Waals surface area contributed by atoms with Crippen molar-refractivity contribution in [2.24, 2.45) is 4.36 Å². The molecule has 0 radical (unpaired) electrons. The van der Waals surface area contributed by atoms with Crippen LogP contribution in [0.1, 0.15) is 49.3 Å². The standard InChI is InChI=1S/C22H25ClF2N4O3S2/c23-16-4-2-14(3-5-16)15-6-10-34(32,11-7-15)29-20-26-17-12-22(24,25)33(31)18(17)19(27-20)28-21(13-30)8-1-9-21/h2-5,15,30H,1,6-13H2,(H,26,27,28). The molecule has 7 nitrogen and oxygen atoms in total. The molecule has 1 aromatic carbocycles. The first-order valence-electron chi connectivity index (χ1n) is 11.2. The average molecular weight is 531 g/mol. The highest BCUT2D eigenvalue weighted by molar-refractivity contribution is 7.93. The molecule has 1 unspecified atom stereocenters. The molecule has 184 valence electrons. The van der Waals surface area contributed by atoms with Crippen LogP contribution >= 0.6 is 11.6 Å². The van der Waals surface area contributed by atoms with Gasteiger partial charge < -0.3 is 10.4 Å². The molecule has 2 N–H and O–H groups in total. The van der Waals surface area contributed by atoms with Crippen molar-refractivity contribution in [3.63, 3.8) is 0 Å². The molecule has 3 aliphatic rings. The Balaban J connectivity index is 1.45. The van der Waals surface area contributed by atoms with Gasteiger partial charge in [0.15, 0.2) is 0 Å². The minimum atomic E-state index is -3.46. The summed E-state index contributed by atoms with van der Waals surface area (Å²) in [7, 11) is -5.29. The Morgan fingerprint density at radius 1 is 1.21 bits per heavy atom. The molecular weight excluding hydrogens is 506 g/mol. The number of aromatic nitrogens is 2. The number of nitrogens with one attached hydrogen (secondary N) is 1. The van der Waals surface area contributed by atoms with Crippen LogP contribution in [0.5, 0.6) is 0 Å². The van der Waals surface area contributed by atoms with Crippen LogP contribution in [0, 0.1) is 0 Å². The van der Waals surface area contributed by atoms with Crippen LogP contribution in [0.15, 0.2) is 33.5 Å². The van der Waals surface area contributed by atoms with E-state index in [0.717, 1.165) is 12.0 Å². The maximum Gasteiger partial charge on any atom is 0.331 e. The molecule has 1 saturated heterocycles. The highest BCUT2D eigenvalue weighted by atomic mass is 35.5. The van der Waals surface area contributed by atoms with Crippen LogP contribution in [0.2, 0.25) is 5.02 Å². The third-order valence-electron chi connectivity index (χ3n) is 6.91. The summed E-state index contributed by atoms with van der Waals surface area (Å²) < 4.78 is 58.8. The zero-order valence-corrected chi connectivity index (χ0v) is 20.7. The van der Waals surface area contributed by atoms with E-state index in [9.17, 15) is 22.3 Å². The number of benzene rings is 1. The Labute approximate surface area is 204 Å². The maximum atomic E-state index is 14.3. The number of anilines is 1. The van der Waals surface area contributed by atoms with E-state index in [-0.39, 0.29) is 34.9 Å². The van der Waals surface area contributed by atoms with Crippen molar-refractivity contribution < 1.29 is 22.3 Å². The molecule has 34 heavy (non-hydrogen) atoms. The Morgan fingerprint density at radius 2 is 1.88 bits per heavy atom. The van der Waals surface area contributed by atoms with Gasteiger partial charge in [0.1, 0.15) is 21.5 Å². The maximum absolute atomic E-state index is 14.3. The van der Waals surface area contributed by atoms with Gasteiger partial charge in [-0.15, -0.1) is 0 Å². The molecule has 1 atom stereocenters. The summed E-state index contributed by atoms with van der Waals surface area (Å²) in [5, 5.41) is 10.1. The minimum absolute atomic E-state index is 0.00846. The highest BCUT2D eigenvalue weighted by Gasteiger charge is 2.50. The van der Waals surface area contributed by atoms with Gasteiger partial charge in [0.2, 0.25) is 0 Å². The van der Waals surface area contributed by atoms with Crippen LogP contribution in [0.4, 0.5) is 20.5 Å². The lowest BCUT2D eigenvalue weighted by Crippen LogP contribution is -2.48. The zero-order chi connectivity index (χ0) is 24.1. The summed E-state index contributed by atoms with van der Waals surface area (Å²) in [6, 6.07) is 7.61. The SMILES string of the molecule is O=S1c2c(nc(N=S3(=O)CCC(c4ccc(Cl)cc4)CC3)nc2NC2(CO)CCC2)CC1(F)F. The van der Waals surface area contributed by atoms with Crippen LogP contribution in [-0.2, 0) is 26.9 Å². The van der Waals surface area contributed by atoms with Crippen molar-refractivity contribution >= 4 is 43.9 Å². The summed E-state index contributed by atoms with van der Waals surface area (Å²) in [6.07, 6.45) is 2.69. The molecule has 1 aromatic heterocycles. The van der Waals surface area contributed by atoms with Crippen molar-refractivity contribution in [2.45, 2.75) is 60.1 Å². The van der Waals surface area contributed by atoms with Gasteiger partial charge in [-0.1, -0.05) is 23.7 Å². The molecule has 12 heteroatoms. The van der Waals surface area contributed by atoms with E-state index < -0.39 is 37.7 Å². The lowest BCUT2D eigenvalue weighted by molar-refractivity contribution is 0.104. The van der Waals surface area contributed by atoms with Crippen LogP contribution < -0.4 is 5.32 Å². The van der Waals surface area contributed by atoms with Gasteiger partial charge in [-0.3, -0.25) is 0 Å². The predicted octanol–water partition coefficient (Wildman–Crippen LogP) is 4.39. The van der Waals surface area contributed by atoms with Gasteiger partial charge in [0.05, 0.1) is 34.0 Å². The molecule has 5 rings (SSSR count). The Bertz CT molecular complexity index is 1240. The topological polar surface area (TPSA) is 105 Å². The summed E-state index contributed by atoms with van der Waals surface area (Å²) in [5.41, 5.74) is 0.385. The van der Waals surface area contributed by atoms with Crippen LogP contribution in [0.3, 0.4) is 0 Å². The third kappa shape index (κ3) is 4.47. The van der Waals surface area contributed by atoms with Gasteiger partial charge in [0.25, 0.3) is 5.95 Å². The molecule has 2 aromatic rings. The monoisotopic (exact) mass is 530 g/mol. The fourth-order valence-corrected chi connectivity index (χ4v) is 8.09. The van der Waals surface area contributed by atoms with E-state index in [1.54, 1.807) is 0 Å². The first kappa shape index (κ1) is 24.0. The van der Waals surface area contributed by atoms with E-state index >= 15 is 0 Å². The molecule has 0 spiro atoms. The fraction of sp³-hybridized carbons (Fsp3) is 0.545. The van der Waals surface area contributed by atoms with E-state index in [4.69, 9.17) is 11.6 Å². The Kier molecular flexibility index (Phi) is 6.19. The number of rotatable bonds is 5. The predicted molar refractivity (Wildman–Crippen MR) is 128 cm³/mol.